The fourth-order valence-electron chi connectivity index (χ4n) is 2.71. The first-order valence-electron chi connectivity index (χ1n) is 7.31. The highest BCUT2D eigenvalue weighted by atomic mass is 35.5. The van der Waals surface area contributed by atoms with Gasteiger partial charge in [0.2, 0.25) is 11.8 Å². The van der Waals surface area contributed by atoms with Crippen molar-refractivity contribution in [1.82, 2.24) is 9.78 Å². The Morgan fingerprint density at radius 2 is 2.04 bits per heavy atom. The molecule has 1 unspecified atom stereocenters. The Balaban J connectivity index is 1.70. The van der Waals surface area contributed by atoms with Crippen molar-refractivity contribution in [3.05, 3.63) is 41.0 Å². The van der Waals surface area contributed by atoms with Crippen molar-refractivity contribution in [3.8, 4) is 0 Å². The number of carbonyl (C=O) groups is 2. The van der Waals surface area contributed by atoms with E-state index in [0.717, 1.165) is 11.4 Å². The summed E-state index contributed by atoms with van der Waals surface area (Å²) in [4.78, 5) is 26.2. The van der Waals surface area contributed by atoms with Gasteiger partial charge in [-0.2, -0.15) is 5.10 Å². The second-order valence-corrected chi connectivity index (χ2v) is 6.10. The summed E-state index contributed by atoms with van der Waals surface area (Å²) in [6.45, 7) is 2.22. The lowest BCUT2D eigenvalue weighted by Gasteiger charge is -2.16. The minimum Gasteiger partial charge on any atom is -0.312 e. The molecule has 2 amide bonds. The van der Waals surface area contributed by atoms with Crippen molar-refractivity contribution in [2.24, 2.45) is 13.0 Å². The van der Waals surface area contributed by atoms with Crippen molar-refractivity contribution in [2.75, 3.05) is 16.8 Å². The van der Waals surface area contributed by atoms with E-state index in [1.807, 2.05) is 6.92 Å². The average Bonchev–Trinajstić information content (AvgIpc) is 3.03. The number of carbonyl (C=O) groups excluding carboxylic acids is 2. The van der Waals surface area contributed by atoms with Crippen LogP contribution in [0.5, 0.6) is 0 Å². The van der Waals surface area contributed by atoms with Gasteiger partial charge in [0.1, 0.15) is 5.82 Å². The van der Waals surface area contributed by atoms with Crippen LogP contribution < -0.4 is 10.2 Å². The molecule has 0 saturated carbocycles. The van der Waals surface area contributed by atoms with Crippen LogP contribution in [0, 0.1) is 12.8 Å². The zero-order valence-electron chi connectivity index (χ0n) is 12.9. The van der Waals surface area contributed by atoms with Crippen LogP contribution in [0.4, 0.5) is 11.5 Å². The lowest BCUT2D eigenvalue weighted by Crippen LogP contribution is -2.28. The van der Waals surface area contributed by atoms with Crippen molar-refractivity contribution in [2.45, 2.75) is 13.3 Å². The van der Waals surface area contributed by atoms with Crippen LogP contribution in [-0.4, -0.2) is 28.1 Å². The highest BCUT2D eigenvalue weighted by Crippen LogP contribution is 2.27. The van der Waals surface area contributed by atoms with Gasteiger partial charge in [0.25, 0.3) is 0 Å². The molecule has 23 heavy (non-hydrogen) atoms. The maximum atomic E-state index is 12.4. The number of anilines is 2. The minimum absolute atomic E-state index is 0.0614. The smallest absolute Gasteiger partial charge is 0.230 e. The number of amides is 2. The molecule has 2 aromatic rings. The molecule has 120 valence electrons. The molecule has 1 fully saturated rings. The molecule has 1 saturated heterocycles. The van der Waals surface area contributed by atoms with E-state index in [9.17, 15) is 9.59 Å². The molecule has 1 aromatic heterocycles. The first-order valence-corrected chi connectivity index (χ1v) is 7.69. The van der Waals surface area contributed by atoms with Gasteiger partial charge < -0.3 is 10.2 Å². The zero-order chi connectivity index (χ0) is 16.6. The molecule has 1 aliphatic rings. The van der Waals surface area contributed by atoms with Crippen LogP contribution in [0.25, 0.3) is 0 Å². The second-order valence-electron chi connectivity index (χ2n) is 5.67. The fraction of sp³-hybridized carbons (Fsp3) is 0.312. The molecule has 1 N–H and O–H groups in total. The monoisotopic (exact) mass is 332 g/mol. The van der Waals surface area contributed by atoms with E-state index in [1.165, 1.54) is 0 Å². The van der Waals surface area contributed by atoms with E-state index >= 15 is 0 Å². The maximum absolute atomic E-state index is 12.4. The molecule has 0 bridgehead atoms. The Morgan fingerprint density at radius 3 is 2.65 bits per heavy atom. The Hall–Kier alpha value is -2.34. The van der Waals surface area contributed by atoms with Gasteiger partial charge in [-0.25, -0.2) is 0 Å². The summed E-state index contributed by atoms with van der Waals surface area (Å²) in [7, 11) is 1.77. The Kier molecular flexibility index (Phi) is 4.09. The zero-order valence-corrected chi connectivity index (χ0v) is 13.7. The third kappa shape index (κ3) is 3.22. The van der Waals surface area contributed by atoms with Gasteiger partial charge in [-0.15, -0.1) is 0 Å². The molecule has 0 radical (unpaired) electrons. The number of nitrogens with one attached hydrogen (secondary N) is 1. The average molecular weight is 333 g/mol. The number of benzene rings is 1. The van der Waals surface area contributed by atoms with E-state index in [1.54, 1.807) is 47.0 Å². The Labute approximate surface area is 139 Å². The number of aromatic nitrogens is 2. The normalized spacial score (nSPS) is 17.6. The highest BCUT2D eigenvalue weighted by molar-refractivity contribution is 6.30. The highest BCUT2D eigenvalue weighted by Gasteiger charge is 2.35. The molecular formula is C16H17ClN4O2. The first-order chi connectivity index (χ1) is 10.9. The second kappa shape index (κ2) is 6.04. The quantitative estimate of drug-likeness (QED) is 0.938. The minimum atomic E-state index is -0.381. The number of halogens is 1. The molecule has 7 heteroatoms. The third-order valence-corrected chi connectivity index (χ3v) is 4.14. The SMILES string of the molecule is Cc1cc(NC(=O)C2CC(=O)N(c3ccc(Cl)cc3)C2)n(C)n1. The lowest BCUT2D eigenvalue weighted by molar-refractivity contribution is -0.122. The topological polar surface area (TPSA) is 67.2 Å². The van der Waals surface area contributed by atoms with Crippen LogP contribution in [0.2, 0.25) is 5.02 Å². The Morgan fingerprint density at radius 1 is 1.35 bits per heavy atom. The van der Waals surface area contributed by atoms with Gasteiger partial charge >= 0.3 is 0 Å². The summed E-state index contributed by atoms with van der Waals surface area (Å²) >= 11 is 5.87. The molecule has 1 atom stereocenters. The van der Waals surface area contributed by atoms with Crippen molar-refractivity contribution in [3.63, 3.8) is 0 Å². The summed E-state index contributed by atoms with van der Waals surface area (Å²) in [6, 6.07) is 8.83. The van der Waals surface area contributed by atoms with Crippen LogP contribution in [0.3, 0.4) is 0 Å². The van der Waals surface area contributed by atoms with Gasteiger partial charge in [-0.1, -0.05) is 11.6 Å². The van der Waals surface area contributed by atoms with E-state index in [4.69, 9.17) is 11.6 Å². The van der Waals surface area contributed by atoms with Gasteiger partial charge in [-0.3, -0.25) is 14.3 Å². The number of rotatable bonds is 3. The predicted molar refractivity (Wildman–Crippen MR) is 88.5 cm³/mol. The van der Waals surface area contributed by atoms with Gasteiger partial charge in [-0.05, 0) is 31.2 Å². The molecule has 0 aliphatic carbocycles. The summed E-state index contributed by atoms with van der Waals surface area (Å²) in [6.07, 6.45) is 0.200. The summed E-state index contributed by atoms with van der Waals surface area (Å²) in [5.74, 6) is 0.0183. The van der Waals surface area contributed by atoms with Crippen molar-refractivity contribution >= 4 is 34.9 Å². The summed E-state index contributed by atoms with van der Waals surface area (Å²) in [5.41, 5.74) is 1.58. The van der Waals surface area contributed by atoms with E-state index in [2.05, 4.69) is 10.4 Å². The number of hydrogen-bond acceptors (Lipinski definition) is 3. The Bertz CT molecular complexity index is 754. The van der Waals surface area contributed by atoms with Crippen LogP contribution in [0.15, 0.2) is 30.3 Å². The van der Waals surface area contributed by atoms with Crippen molar-refractivity contribution < 1.29 is 9.59 Å². The number of aryl methyl sites for hydroxylation is 2. The molecule has 1 aliphatic heterocycles. The number of nitrogens with zero attached hydrogens (tertiary/aromatic N) is 3. The molecule has 6 nitrogen and oxygen atoms in total. The third-order valence-electron chi connectivity index (χ3n) is 3.89. The standard InChI is InChI=1S/C16H17ClN4O2/c1-10-7-14(20(2)19-10)18-16(23)11-8-15(22)21(9-11)13-5-3-12(17)4-6-13/h3-7,11H,8-9H2,1-2H3,(H,18,23). The molecule has 3 rings (SSSR count). The van der Waals surface area contributed by atoms with Gasteiger partial charge in [0.05, 0.1) is 11.6 Å². The van der Waals surface area contributed by atoms with E-state index in [-0.39, 0.29) is 24.2 Å². The van der Waals surface area contributed by atoms with E-state index < -0.39 is 0 Å². The van der Waals surface area contributed by atoms with E-state index in [0.29, 0.717) is 17.4 Å². The summed E-state index contributed by atoms with van der Waals surface area (Å²) < 4.78 is 1.61. The van der Waals surface area contributed by atoms with Crippen LogP contribution >= 0.6 is 11.6 Å². The molecule has 2 heterocycles. The van der Waals surface area contributed by atoms with Gasteiger partial charge in [0, 0.05) is 36.8 Å². The largest absolute Gasteiger partial charge is 0.312 e. The fourth-order valence-corrected chi connectivity index (χ4v) is 2.84. The van der Waals surface area contributed by atoms with Crippen LogP contribution in [-0.2, 0) is 16.6 Å². The first kappa shape index (κ1) is 15.6. The molecular weight excluding hydrogens is 316 g/mol. The van der Waals surface area contributed by atoms with Gasteiger partial charge in [0.15, 0.2) is 0 Å². The summed E-state index contributed by atoms with van der Waals surface area (Å²) in [5, 5.41) is 7.64. The van der Waals surface area contributed by atoms with Crippen molar-refractivity contribution in [1.29, 1.82) is 0 Å². The van der Waals surface area contributed by atoms with Crippen LogP contribution in [0.1, 0.15) is 12.1 Å². The lowest BCUT2D eigenvalue weighted by atomic mass is 10.1. The molecule has 0 spiro atoms. The number of hydrogen-bond donors (Lipinski definition) is 1. The molecule has 1 aromatic carbocycles. The predicted octanol–water partition coefficient (Wildman–Crippen LogP) is 2.37. The maximum Gasteiger partial charge on any atom is 0.230 e.